The molecule has 86 heavy (non-hydrogen) atoms. The molecule has 2 fully saturated rings. The minimum Gasteiger partial charge on any atom is -0.453 e. The number of furan rings is 2. The first-order chi connectivity index (χ1) is 42.2. The Morgan fingerprint density at radius 2 is 0.698 bits per heavy atom. The zero-order valence-corrected chi connectivity index (χ0v) is 50.4. The Hall–Kier alpha value is -9.12. The first-order valence-electron chi connectivity index (χ1n) is 31.8. The maximum atomic E-state index is 7.46. The van der Waals surface area contributed by atoms with Crippen LogP contribution < -0.4 is 9.80 Å². The lowest BCUT2D eigenvalue weighted by molar-refractivity contribution is 0.669. The fourth-order valence-electron chi connectivity index (χ4n) is 16.0. The van der Waals surface area contributed by atoms with E-state index in [-0.39, 0.29) is 0 Å². The average molecular weight is 1120 g/mol. The Bertz CT molecular complexity index is 4690. The van der Waals surface area contributed by atoms with Gasteiger partial charge in [0.25, 0.3) is 0 Å². The van der Waals surface area contributed by atoms with Crippen LogP contribution in [0.2, 0.25) is 0 Å². The van der Waals surface area contributed by atoms with E-state index in [9.17, 15) is 0 Å². The van der Waals surface area contributed by atoms with Crippen LogP contribution in [0, 0.1) is 27.7 Å². The molecule has 2 aliphatic rings. The molecule has 2 aromatic heterocycles. The fraction of sp³-hybridized carbons (Fsp3) is 0.220. The lowest BCUT2D eigenvalue weighted by Gasteiger charge is -2.33. The molecule has 0 unspecified atom stereocenters. The van der Waals surface area contributed by atoms with Crippen molar-refractivity contribution >= 4 is 110 Å². The quantitative estimate of drug-likeness (QED) is 0.114. The summed E-state index contributed by atoms with van der Waals surface area (Å²) in [5.74, 6) is 0.866. The molecule has 0 atom stereocenters. The Morgan fingerprint density at radius 1 is 0.326 bits per heavy atom. The number of anilines is 6. The highest BCUT2D eigenvalue weighted by molar-refractivity contribution is 6.30. The highest BCUT2D eigenvalue weighted by Gasteiger charge is 2.33. The second-order valence-corrected chi connectivity index (χ2v) is 25.2. The van der Waals surface area contributed by atoms with Gasteiger partial charge in [0, 0.05) is 54.8 Å². The molecule has 16 rings (SSSR count). The second-order valence-electron chi connectivity index (χ2n) is 25.2. The summed E-state index contributed by atoms with van der Waals surface area (Å²) in [4.78, 5) is 5.17. The number of fused-ring (bicyclic) bond motifs is 6. The van der Waals surface area contributed by atoms with E-state index in [1.165, 1.54) is 151 Å². The van der Waals surface area contributed by atoms with Crippen molar-refractivity contribution in [2.75, 3.05) is 9.80 Å². The Labute approximate surface area is 504 Å². The van der Waals surface area contributed by atoms with Gasteiger partial charge in [0.15, 0.2) is 11.2 Å². The predicted molar refractivity (Wildman–Crippen MR) is 365 cm³/mol. The zero-order chi connectivity index (χ0) is 57.9. The Balaban J connectivity index is 1.01. The summed E-state index contributed by atoms with van der Waals surface area (Å²) in [6.45, 7) is 13.5. The van der Waals surface area contributed by atoms with Gasteiger partial charge in [-0.1, -0.05) is 208 Å². The largest absolute Gasteiger partial charge is 0.453 e. The fourth-order valence-corrected chi connectivity index (χ4v) is 16.0. The normalized spacial score (nSPS) is 14.3. The number of aryl methyl sites for hydroxylation is 6. The van der Waals surface area contributed by atoms with Gasteiger partial charge in [-0.2, -0.15) is 0 Å². The van der Waals surface area contributed by atoms with E-state index in [4.69, 9.17) is 8.83 Å². The van der Waals surface area contributed by atoms with Gasteiger partial charge in [-0.15, -0.1) is 0 Å². The minimum atomic E-state index is 0.433. The van der Waals surface area contributed by atoms with Crippen molar-refractivity contribution in [3.63, 3.8) is 0 Å². The van der Waals surface area contributed by atoms with Gasteiger partial charge in [0.05, 0.1) is 22.7 Å². The van der Waals surface area contributed by atoms with Crippen LogP contribution in [0.4, 0.5) is 34.1 Å². The van der Waals surface area contributed by atoms with Crippen molar-refractivity contribution in [1.82, 2.24) is 0 Å². The van der Waals surface area contributed by atoms with Crippen LogP contribution in [0.25, 0.3) is 98.4 Å². The molecule has 2 saturated carbocycles. The molecule has 0 radical (unpaired) electrons. The smallest absolute Gasteiger partial charge is 0.159 e. The van der Waals surface area contributed by atoms with E-state index in [1.807, 2.05) is 0 Å². The van der Waals surface area contributed by atoms with Crippen LogP contribution in [-0.4, -0.2) is 0 Å². The summed E-state index contributed by atoms with van der Waals surface area (Å²) >= 11 is 0. The number of hydrogen-bond donors (Lipinski definition) is 0. The van der Waals surface area contributed by atoms with Crippen LogP contribution in [0.1, 0.15) is 122 Å². The number of para-hydroxylation sites is 4. The summed E-state index contributed by atoms with van der Waals surface area (Å²) in [6, 6.07) is 73.9. The molecule has 0 amide bonds. The average Bonchev–Trinajstić information content (AvgIpc) is 0.796. The van der Waals surface area contributed by atoms with E-state index in [0.29, 0.717) is 11.8 Å². The van der Waals surface area contributed by atoms with Gasteiger partial charge in [0.1, 0.15) is 11.2 Å². The van der Waals surface area contributed by atoms with Crippen LogP contribution >= 0.6 is 0 Å². The summed E-state index contributed by atoms with van der Waals surface area (Å²) in [5.41, 5.74) is 25.6. The van der Waals surface area contributed by atoms with E-state index in [0.717, 1.165) is 90.6 Å². The molecular formula is C82H72N2O2. The van der Waals surface area contributed by atoms with Crippen molar-refractivity contribution in [1.29, 1.82) is 0 Å². The molecule has 0 aliphatic heterocycles. The molecule has 0 spiro atoms. The first kappa shape index (κ1) is 52.4. The highest BCUT2D eigenvalue weighted by atomic mass is 16.3. The second kappa shape index (κ2) is 20.8. The van der Waals surface area contributed by atoms with Crippen molar-refractivity contribution in [2.24, 2.45) is 0 Å². The molecule has 12 aromatic carbocycles. The Kier molecular flexibility index (Phi) is 12.7. The van der Waals surface area contributed by atoms with Crippen molar-refractivity contribution < 1.29 is 8.83 Å². The SMILES string of the molecule is CCc1ccccc1-c1cccc2c1oc1c(N(c3ccc(C)cc3C)c3cc(C4CCCC4)c4ccc5c(N(c6ccc(C)cc6C)c6cccc7c6oc6c(-c8ccccc8CC)cccc67)cc(C6CCCC6)c6ccc3c4c65)cccc12. The summed E-state index contributed by atoms with van der Waals surface area (Å²) in [6.07, 6.45) is 11.6. The summed E-state index contributed by atoms with van der Waals surface area (Å²) in [5, 5.41) is 12.5. The zero-order valence-electron chi connectivity index (χ0n) is 50.4. The van der Waals surface area contributed by atoms with Crippen LogP contribution in [0.3, 0.4) is 0 Å². The minimum absolute atomic E-state index is 0.433. The summed E-state index contributed by atoms with van der Waals surface area (Å²) in [7, 11) is 0. The molecule has 422 valence electrons. The molecule has 4 nitrogen and oxygen atoms in total. The summed E-state index contributed by atoms with van der Waals surface area (Å²) < 4.78 is 14.9. The van der Waals surface area contributed by atoms with Gasteiger partial charge in [-0.05, 0) is 181 Å². The van der Waals surface area contributed by atoms with Gasteiger partial charge in [0.2, 0.25) is 0 Å². The predicted octanol–water partition coefficient (Wildman–Crippen LogP) is 24.3. The Morgan fingerprint density at radius 3 is 1.10 bits per heavy atom. The molecule has 0 N–H and O–H groups in total. The molecule has 2 heterocycles. The lowest BCUT2D eigenvalue weighted by atomic mass is 9.82. The van der Waals surface area contributed by atoms with Crippen LogP contribution in [0.5, 0.6) is 0 Å². The van der Waals surface area contributed by atoms with Crippen LogP contribution in [0.15, 0.2) is 203 Å². The number of hydrogen-bond acceptors (Lipinski definition) is 4. The topological polar surface area (TPSA) is 32.8 Å². The highest BCUT2D eigenvalue weighted by Crippen LogP contribution is 2.56. The van der Waals surface area contributed by atoms with E-state index in [2.05, 4.69) is 245 Å². The molecule has 0 bridgehead atoms. The van der Waals surface area contributed by atoms with Gasteiger partial charge in [-0.25, -0.2) is 0 Å². The third kappa shape index (κ3) is 8.23. The number of nitrogens with zero attached hydrogens (tertiary/aromatic N) is 2. The lowest BCUT2D eigenvalue weighted by Crippen LogP contribution is -2.15. The molecule has 2 aliphatic carbocycles. The maximum absolute atomic E-state index is 7.46. The monoisotopic (exact) mass is 1120 g/mol. The third-order valence-corrected chi connectivity index (χ3v) is 20.0. The molecular weight excluding hydrogens is 1040 g/mol. The van der Waals surface area contributed by atoms with Crippen LogP contribution in [-0.2, 0) is 12.8 Å². The van der Waals surface area contributed by atoms with Crippen molar-refractivity contribution in [3.8, 4) is 22.3 Å². The van der Waals surface area contributed by atoms with E-state index in [1.54, 1.807) is 0 Å². The number of rotatable bonds is 12. The van der Waals surface area contributed by atoms with Crippen molar-refractivity contribution in [3.05, 3.63) is 239 Å². The number of benzene rings is 12. The van der Waals surface area contributed by atoms with Gasteiger partial charge < -0.3 is 18.6 Å². The molecule has 0 saturated heterocycles. The maximum Gasteiger partial charge on any atom is 0.159 e. The third-order valence-electron chi connectivity index (χ3n) is 20.0. The standard InChI is InChI=1S/C82H72N2O2/c1-7-53-21-13-15-27-57(53)61-29-17-31-63-65-33-19-35-73(81(65)85-79(61)63)83(71-43-37-49(3)45-51(71)5)75-47-69(55-23-9-10-24-55)59-40-42-68-76(48-70(56-25-11-12-26-56)60-39-41-67(75)77(59)78(60)68)84(72-44-38-50(4)46-52(72)6)74-36-20-34-66-64-32-18-30-62(80(64)86-82(66)74)58-28-16-14-22-54(58)8-2/h13-22,27-48,55-56H,7-12,23-26H2,1-6H3. The first-order valence-corrected chi connectivity index (χ1v) is 31.8. The molecule has 14 aromatic rings. The van der Waals surface area contributed by atoms with Gasteiger partial charge >= 0.3 is 0 Å². The van der Waals surface area contributed by atoms with E-state index >= 15 is 0 Å². The van der Waals surface area contributed by atoms with Gasteiger partial charge in [-0.3, -0.25) is 0 Å². The van der Waals surface area contributed by atoms with E-state index < -0.39 is 0 Å². The molecule has 4 heteroatoms. The van der Waals surface area contributed by atoms with Crippen molar-refractivity contribution in [2.45, 2.75) is 118 Å².